The van der Waals surface area contributed by atoms with Crippen molar-refractivity contribution < 1.29 is 4.79 Å². The van der Waals surface area contributed by atoms with Crippen molar-refractivity contribution in [1.29, 1.82) is 0 Å². The van der Waals surface area contributed by atoms with Crippen molar-refractivity contribution in [3.8, 4) is 11.1 Å². The fraction of sp³-hybridized carbons (Fsp3) is 0.250. The molecule has 0 aliphatic heterocycles. The van der Waals surface area contributed by atoms with Gasteiger partial charge in [0.25, 0.3) is 0 Å². The zero-order valence-corrected chi connectivity index (χ0v) is 12.1. The molecule has 0 bridgehead atoms. The lowest BCUT2D eigenvalue weighted by molar-refractivity contribution is 0.111. The first-order valence-corrected chi connectivity index (χ1v) is 6.67. The first kappa shape index (κ1) is 13.8. The van der Waals surface area contributed by atoms with E-state index in [-0.39, 0.29) is 0 Å². The Morgan fingerprint density at radius 3 is 2.37 bits per heavy atom. The Hall–Kier alpha value is -1.67. The molecule has 19 heavy (non-hydrogen) atoms. The Labute approximate surface area is 118 Å². The number of aldehydes is 1. The van der Waals surface area contributed by atoms with Crippen LogP contribution in [0.25, 0.3) is 11.1 Å². The van der Waals surface area contributed by atoms with Gasteiger partial charge in [-0.2, -0.15) is 0 Å². The summed E-state index contributed by atoms with van der Waals surface area (Å²) in [5, 5.41) is 0.709. The maximum atomic E-state index is 11.1. The van der Waals surface area contributed by atoms with Crippen molar-refractivity contribution in [3.63, 3.8) is 0 Å². The van der Waals surface area contributed by atoms with E-state index in [4.69, 9.17) is 11.6 Å². The third-order valence-corrected chi connectivity index (χ3v) is 3.64. The Balaban J connectivity index is 2.76. The summed E-state index contributed by atoms with van der Waals surface area (Å²) in [5.74, 6) is 0. The lowest BCUT2D eigenvalue weighted by Gasteiger charge is -2.15. The average molecular weight is 274 g/mol. The second-order valence-electron chi connectivity index (χ2n) is 4.54. The average Bonchev–Trinajstić information content (AvgIpc) is 2.41. The number of benzene rings is 1. The van der Waals surface area contributed by atoms with Gasteiger partial charge in [-0.1, -0.05) is 30.7 Å². The van der Waals surface area contributed by atoms with Gasteiger partial charge in [-0.15, -0.1) is 0 Å². The molecule has 0 unspecified atom stereocenters. The molecule has 0 N–H and O–H groups in total. The van der Waals surface area contributed by atoms with E-state index in [1.54, 1.807) is 0 Å². The summed E-state index contributed by atoms with van der Waals surface area (Å²) < 4.78 is 0. The number of carbonyl (C=O) groups is 1. The van der Waals surface area contributed by atoms with E-state index in [9.17, 15) is 4.79 Å². The minimum absolute atomic E-state index is 0.514. The quantitative estimate of drug-likeness (QED) is 0.776. The van der Waals surface area contributed by atoms with Crippen molar-refractivity contribution in [2.75, 3.05) is 0 Å². The van der Waals surface area contributed by atoms with E-state index in [1.165, 1.54) is 5.56 Å². The SMILES string of the molecule is CCc1c(C)nc(C=O)c(C)c1-c1ccc(Cl)cc1. The summed E-state index contributed by atoms with van der Waals surface area (Å²) in [6.45, 7) is 5.99. The van der Waals surface area contributed by atoms with Gasteiger partial charge in [-0.05, 0) is 54.7 Å². The molecule has 1 aromatic carbocycles. The van der Waals surface area contributed by atoms with Gasteiger partial charge in [-0.25, -0.2) is 4.98 Å². The van der Waals surface area contributed by atoms with Crippen LogP contribution in [0.3, 0.4) is 0 Å². The normalized spacial score (nSPS) is 10.5. The van der Waals surface area contributed by atoms with E-state index < -0.39 is 0 Å². The van der Waals surface area contributed by atoms with Crippen molar-refractivity contribution >= 4 is 17.9 Å². The highest BCUT2D eigenvalue weighted by molar-refractivity contribution is 6.30. The Bertz CT molecular complexity index is 618. The topological polar surface area (TPSA) is 30.0 Å². The maximum Gasteiger partial charge on any atom is 0.168 e. The van der Waals surface area contributed by atoms with E-state index in [2.05, 4.69) is 11.9 Å². The van der Waals surface area contributed by atoms with Gasteiger partial charge in [0, 0.05) is 10.7 Å². The van der Waals surface area contributed by atoms with Crippen molar-refractivity contribution in [1.82, 2.24) is 4.98 Å². The van der Waals surface area contributed by atoms with Crippen LogP contribution in [0.4, 0.5) is 0 Å². The Morgan fingerprint density at radius 1 is 1.21 bits per heavy atom. The Kier molecular flexibility index (Phi) is 4.01. The standard InChI is InChI=1S/C16H16ClNO/c1-4-14-11(3)18-15(9-19)10(2)16(14)12-5-7-13(17)8-6-12/h5-9H,4H2,1-3H3. The zero-order chi connectivity index (χ0) is 14.0. The molecule has 0 atom stereocenters. The van der Waals surface area contributed by atoms with Crippen LogP contribution in [0.1, 0.15) is 34.2 Å². The highest BCUT2D eigenvalue weighted by Crippen LogP contribution is 2.31. The second-order valence-corrected chi connectivity index (χ2v) is 4.98. The van der Waals surface area contributed by atoms with Gasteiger partial charge in [0.15, 0.2) is 6.29 Å². The first-order valence-electron chi connectivity index (χ1n) is 6.29. The molecular weight excluding hydrogens is 258 g/mol. The van der Waals surface area contributed by atoms with Gasteiger partial charge >= 0.3 is 0 Å². The first-order chi connectivity index (χ1) is 9.08. The van der Waals surface area contributed by atoms with Crippen LogP contribution in [0, 0.1) is 13.8 Å². The molecule has 0 radical (unpaired) electrons. The maximum absolute atomic E-state index is 11.1. The molecule has 2 aromatic rings. The fourth-order valence-corrected chi connectivity index (χ4v) is 2.55. The number of carbonyl (C=O) groups excluding carboxylic acids is 1. The van der Waals surface area contributed by atoms with Gasteiger partial charge in [0.2, 0.25) is 0 Å². The number of hydrogen-bond acceptors (Lipinski definition) is 2. The number of hydrogen-bond donors (Lipinski definition) is 0. The molecular formula is C16H16ClNO. The van der Waals surface area contributed by atoms with Crippen LogP contribution in [0.15, 0.2) is 24.3 Å². The molecule has 0 spiro atoms. The molecule has 1 heterocycles. The van der Waals surface area contributed by atoms with Gasteiger partial charge in [0.1, 0.15) is 5.69 Å². The van der Waals surface area contributed by atoms with Crippen LogP contribution in [0.5, 0.6) is 0 Å². The highest BCUT2D eigenvalue weighted by atomic mass is 35.5. The minimum Gasteiger partial charge on any atom is -0.296 e. The number of nitrogens with zero attached hydrogens (tertiary/aromatic N) is 1. The van der Waals surface area contributed by atoms with Crippen LogP contribution in [-0.4, -0.2) is 11.3 Å². The Morgan fingerprint density at radius 2 is 1.84 bits per heavy atom. The molecule has 2 rings (SSSR count). The smallest absolute Gasteiger partial charge is 0.168 e. The van der Waals surface area contributed by atoms with Gasteiger partial charge in [0.05, 0.1) is 0 Å². The van der Waals surface area contributed by atoms with Crippen molar-refractivity contribution in [2.45, 2.75) is 27.2 Å². The van der Waals surface area contributed by atoms with Crippen LogP contribution in [0.2, 0.25) is 5.02 Å². The van der Waals surface area contributed by atoms with E-state index in [1.807, 2.05) is 38.1 Å². The van der Waals surface area contributed by atoms with E-state index in [0.29, 0.717) is 10.7 Å². The molecule has 0 amide bonds. The predicted molar refractivity (Wildman–Crippen MR) is 78.9 cm³/mol. The number of rotatable bonds is 3. The summed E-state index contributed by atoms with van der Waals surface area (Å²) in [5.41, 5.74) is 5.73. The molecule has 0 saturated carbocycles. The molecule has 0 aliphatic carbocycles. The predicted octanol–water partition coefficient (Wildman–Crippen LogP) is 4.39. The van der Waals surface area contributed by atoms with Crippen LogP contribution in [-0.2, 0) is 6.42 Å². The summed E-state index contributed by atoms with van der Waals surface area (Å²) in [6.07, 6.45) is 1.71. The van der Waals surface area contributed by atoms with Crippen LogP contribution >= 0.6 is 11.6 Å². The minimum atomic E-state index is 0.514. The molecule has 3 heteroatoms. The molecule has 2 nitrogen and oxygen atoms in total. The van der Waals surface area contributed by atoms with Gasteiger partial charge < -0.3 is 0 Å². The fourth-order valence-electron chi connectivity index (χ4n) is 2.42. The number of pyridine rings is 1. The second kappa shape index (κ2) is 5.54. The van der Waals surface area contributed by atoms with Crippen molar-refractivity contribution in [3.05, 3.63) is 51.8 Å². The summed E-state index contributed by atoms with van der Waals surface area (Å²) in [6, 6.07) is 7.70. The van der Waals surface area contributed by atoms with Crippen LogP contribution < -0.4 is 0 Å². The summed E-state index contributed by atoms with van der Waals surface area (Å²) >= 11 is 5.93. The van der Waals surface area contributed by atoms with Gasteiger partial charge in [-0.3, -0.25) is 4.79 Å². The van der Waals surface area contributed by atoms with Crippen molar-refractivity contribution in [2.24, 2.45) is 0 Å². The molecule has 0 aliphatic rings. The zero-order valence-electron chi connectivity index (χ0n) is 11.3. The number of halogens is 1. The lowest BCUT2D eigenvalue weighted by atomic mass is 9.92. The lowest BCUT2D eigenvalue weighted by Crippen LogP contribution is -2.04. The highest BCUT2D eigenvalue weighted by Gasteiger charge is 2.14. The summed E-state index contributed by atoms with van der Waals surface area (Å²) in [7, 11) is 0. The van der Waals surface area contributed by atoms with E-state index >= 15 is 0 Å². The summed E-state index contributed by atoms with van der Waals surface area (Å²) in [4.78, 5) is 15.5. The molecule has 0 fully saturated rings. The number of aryl methyl sites for hydroxylation is 1. The molecule has 1 aromatic heterocycles. The largest absolute Gasteiger partial charge is 0.296 e. The molecule has 0 saturated heterocycles. The monoisotopic (exact) mass is 273 g/mol. The number of aromatic nitrogens is 1. The van der Waals surface area contributed by atoms with E-state index in [0.717, 1.165) is 35.1 Å². The third kappa shape index (κ3) is 2.54. The third-order valence-electron chi connectivity index (χ3n) is 3.38. The molecule has 98 valence electrons.